The van der Waals surface area contributed by atoms with Crippen LogP contribution < -0.4 is 14.2 Å². The highest BCUT2D eigenvalue weighted by atomic mass is 32.2. The Hall–Kier alpha value is -3.50. The van der Waals surface area contributed by atoms with E-state index in [4.69, 9.17) is 9.47 Å². The summed E-state index contributed by atoms with van der Waals surface area (Å²) in [4.78, 5) is 0. The molecule has 0 bridgehead atoms. The highest BCUT2D eigenvalue weighted by molar-refractivity contribution is 7.94. The summed E-state index contributed by atoms with van der Waals surface area (Å²) in [5, 5.41) is 1.65. The standard InChI is InChI=1S/C24H16F3NO4S2/c25-15-5-1-4-14(12-15)23-18-13-16(28-34(29,30)21-8-3-11-33-21)9-10-17(18)22-19(31-23)6-2-7-20(22)32-24(26)27/h1-13,23-24,28H. The number of ether oxygens (including phenoxy) is 2. The van der Waals surface area contributed by atoms with Gasteiger partial charge in [0.05, 0.1) is 5.56 Å². The van der Waals surface area contributed by atoms with Crippen LogP contribution >= 0.6 is 11.3 Å². The molecule has 0 aliphatic carbocycles. The fourth-order valence-electron chi connectivity index (χ4n) is 3.87. The van der Waals surface area contributed by atoms with Gasteiger partial charge in [0, 0.05) is 11.3 Å². The van der Waals surface area contributed by atoms with Crippen LogP contribution in [0.25, 0.3) is 11.1 Å². The predicted molar refractivity (Wildman–Crippen MR) is 123 cm³/mol. The van der Waals surface area contributed by atoms with Crippen LogP contribution in [0.2, 0.25) is 0 Å². The molecule has 10 heteroatoms. The molecule has 0 spiro atoms. The molecule has 1 unspecified atom stereocenters. The van der Waals surface area contributed by atoms with Crippen molar-refractivity contribution in [2.24, 2.45) is 0 Å². The molecule has 3 aromatic carbocycles. The van der Waals surface area contributed by atoms with Gasteiger partial charge in [0.1, 0.15) is 27.6 Å². The van der Waals surface area contributed by atoms with Crippen molar-refractivity contribution in [3.05, 3.63) is 95.1 Å². The van der Waals surface area contributed by atoms with Gasteiger partial charge < -0.3 is 9.47 Å². The summed E-state index contributed by atoms with van der Waals surface area (Å²) in [7, 11) is -3.83. The Kier molecular flexibility index (Phi) is 5.70. The van der Waals surface area contributed by atoms with E-state index < -0.39 is 28.6 Å². The van der Waals surface area contributed by atoms with Gasteiger partial charge in [-0.15, -0.1) is 11.3 Å². The smallest absolute Gasteiger partial charge is 0.387 e. The molecule has 5 nitrogen and oxygen atoms in total. The van der Waals surface area contributed by atoms with Crippen molar-refractivity contribution in [3.8, 4) is 22.6 Å². The van der Waals surface area contributed by atoms with Gasteiger partial charge in [-0.25, -0.2) is 12.8 Å². The number of thiophene rings is 1. The number of anilines is 1. The number of benzene rings is 3. The average Bonchev–Trinajstić information content (AvgIpc) is 3.34. The number of nitrogens with one attached hydrogen (secondary N) is 1. The van der Waals surface area contributed by atoms with Crippen LogP contribution in [0.1, 0.15) is 17.2 Å². The minimum atomic E-state index is -3.83. The van der Waals surface area contributed by atoms with Gasteiger partial charge in [-0.1, -0.05) is 30.3 Å². The van der Waals surface area contributed by atoms with Crippen molar-refractivity contribution in [1.29, 1.82) is 0 Å². The lowest BCUT2D eigenvalue weighted by molar-refractivity contribution is -0.0496. The lowest BCUT2D eigenvalue weighted by Crippen LogP contribution is -2.18. The van der Waals surface area contributed by atoms with Gasteiger partial charge in [0.25, 0.3) is 10.0 Å². The molecule has 0 saturated carbocycles. The Morgan fingerprint density at radius 1 is 1.00 bits per heavy atom. The molecule has 1 aliphatic heterocycles. The first-order valence-electron chi connectivity index (χ1n) is 10.0. The molecule has 0 amide bonds. The predicted octanol–water partition coefficient (Wildman–Crippen LogP) is 6.44. The molecule has 5 rings (SSSR count). The first-order valence-corrected chi connectivity index (χ1v) is 12.4. The molecule has 174 valence electrons. The molecule has 0 fully saturated rings. The van der Waals surface area contributed by atoms with Gasteiger partial charge in [-0.3, -0.25) is 4.72 Å². The van der Waals surface area contributed by atoms with E-state index in [1.54, 1.807) is 35.7 Å². The molecule has 34 heavy (non-hydrogen) atoms. The van der Waals surface area contributed by atoms with Crippen molar-refractivity contribution >= 4 is 27.0 Å². The lowest BCUT2D eigenvalue weighted by Gasteiger charge is -2.30. The summed E-state index contributed by atoms with van der Waals surface area (Å²) in [6.07, 6.45) is -0.814. The maximum atomic E-state index is 14.0. The summed E-state index contributed by atoms with van der Waals surface area (Å²) < 4.78 is 79.0. The fourth-order valence-corrected chi connectivity index (χ4v) is 5.91. The van der Waals surface area contributed by atoms with Gasteiger partial charge in [-0.05, 0) is 59.0 Å². The average molecular weight is 504 g/mol. The first-order chi connectivity index (χ1) is 16.3. The normalized spacial score (nSPS) is 14.8. The fraction of sp³-hybridized carbons (Fsp3) is 0.0833. The van der Waals surface area contributed by atoms with E-state index in [9.17, 15) is 21.6 Å². The first kappa shape index (κ1) is 22.3. The highest BCUT2D eigenvalue weighted by Crippen LogP contribution is 2.50. The second kappa shape index (κ2) is 8.69. The van der Waals surface area contributed by atoms with Crippen molar-refractivity contribution in [2.45, 2.75) is 16.9 Å². The van der Waals surface area contributed by atoms with E-state index in [1.165, 1.54) is 42.5 Å². The molecule has 0 saturated heterocycles. The van der Waals surface area contributed by atoms with E-state index in [2.05, 4.69) is 4.72 Å². The summed E-state index contributed by atoms with van der Waals surface area (Å²) >= 11 is 1.07. The maximum Gasteiger partial charge on any atom is 0.387 e. The Bertz CT molecular complexity index is 1460. The van der Waals surface area contributed by atoms with E-state index >= 15 is 0 Å². The zero-order valence-corrected chi connectivity index (χ0v) is 18.9. The van der Waals surface area contributed by atoms with Crippen molar-refractivity contribution in [3.63, 3.8) is 0 Å². The number of fused-ring (bicyclic) bond motifs is 3. The second-order valence-corrected chi connectivity index (χ2v) is 10.3. The quantitative estimate of drug-likeness (QED) is 0.329. The van der Waals surface area contributed by atoms with E-state index in [-0.39, 0.29) is 21.4 Å². The highest BCUT2D eigenvalue weighted by Gasteiger charge is 2.31. The molecular weight excluding hydrogens is 487 g/mol. The Balaban J connectivity index is 1.65. The SMILES string of the molecule is O=S(=O)(Nc1ccc2c(c1)C(c1cccc(F)c1)Oc1cccc(OC(F)F)c1-2)c1cccs1. The number of rotatable bonds is 6. The number of halogens is 3. The summed E-state index contributed by atoms with van der Waals surface area (Å²) in [6.45, 7) is -3.05. The molecule has 1 aromatic heterocycles. The third-order valence-corrected chi connectivity index (χ3v) is 7.99. The Morgan fingerprint density at radius 3 is 2.56 bits per heavy atom. The van der Waals surface area contributed by atoms with Gasteiger partial charge in [0.15, 0.2) is 0 Å². The van der Waals surface area contributed by atoms with E-state index in [0.29, 0.717) is 22.3 Å². The molecule has 2 heterocycles. The van der Waals surface area contributed by atoms with Crippen molar-refractivity contribution in [2.75, 3.05) is 4.72 Å². The minimum absolute atomic E-state index is 0.0849. The molecule has 4 aromatic rings. The third kappa shape index (κ3) is 4.22. The van der Waals surface area contributed by atoms with Crippen LogP contribution in [0.3, 0.4) is 0 Å². The van der Waals surface area contributed by atoms with Crippen LogP contribution in [0.5, 0.6) is 11.5 Å². The number of hydrogen-bond acceptors (Lipinski definition) is 5. The molecular formula is C24H16F3NO4S2. The molecule has 1 aliphatic rings. The maximum absolute atomic E-state index is 14.0. The van der Waals surface area contributed by atoms with E-state index in [0.717, 1.165) is 11.3 Å². The number of sulfonamides is 1. The molecule has 1 atom stereocenters. The Morgan fingerprint density at radius 2 is 1.82 bits per heavy atom. The van der Waals surface area contributed by atoms with Crippen molar-refractivity contribution in [1.82, 2.24) is 0 Å². The monoisotopic (exact) mass is 503 g/mol. The van der Waals surface area contributed by atoms with E-state index in [1.807, 2.05) is 0 Å². The zero-order valence-electron chi connectivity index (χ0n) is 17.2. The Labute approximate surface area is 197 Å². The topological polar surface area (TPSA) is 64.6 Å². The molecule has 0 radical (unpaired) electrons. The lowest BCUT2D eigenvalue weighted by atomic mass is 9.89. The van der Waals surface area contributed by atoms with Gasteiger partial charge in [-0.2, -0.15) is 8.78 Å². The van der Waals surface area contributed by atoms with Crippen LogP contribution in [0, 0.1) is 5.82 Å². The second-order valence-electron chi connectivity index (χ2n) is 7.40. The third-order valence-electron chi connectivity index (χ3n) is 5.22. The van der Waals surface area contributed by atoms with Crippen molar-refractivity contribution < 1.29 is 31.1 Å². The van der Waals surface area contributed by atoms with Crippen LogP contribution in [-0.2, 0) is 10.0 Å². The van der Waals surface area contributed by atoms with Gasteiger partial charge >= 0.3 is 6.61 Å². The minimum Gasteiger partial charge on any atom is -0.480 e. The summed E-state index contributed by atoms with van der Waals surface area (Å²) in [5.74, 6) is -0.275. The van der Waals surface area contributed by atoms with Gasteiger partial charge in [0.2, 0.25) is 0 Å². The number of hydrogen-bond donors (Lipinski definition) is 1. The summed E-state index contributed by atoms with van der Waals surface area (Å²) in [5.41, 5.74) is 2.00. The van der Waals surface area contributed by atoms with Crippen LogP contribution in [-0.4, -0.2) is 15.0 Å². The number of alkyl halides is 2. The van der Waals surface area contributed by atoms with Crippen LogP contribution in [0.15, 0.2) is 82.4 Å². The molecule has 1 N–H and O–H groups in total. The largest absolute Gasteiger partial charge is 0.480 e. The zero-order chi connectivity index (χ0) is 23.9. The summed E-state index contributed by atoms with van der Waals surface area (Å²) in [6, 6.07) is 18.1. The van der Waals surface area contributed by atoms with Crippen LogP contribution in [0.4, 0.5) is 18.9 Å².